The number of carbonyl (C=O) groups excluding carboxylic acids is 1. The smallest absolute Gasteiger partial charge is 0.309 e. The van der Waals surface area contributed by atoms with Crippen LogP contribution in [0.25, 0.3) is 0 Å². The Balaban J connectivity index is 3.87. The first-order valence-corrected chi connectivity index (χ1v) is 16.3. The van der Waals surface area contributed by atoms with E-state index in [1.165, 1.54) is 77.0 Å². The third-order valence-corrected chi connectivity index (χ3v) is 7.47. The van der Waals surface area contributed by atoms with Crippen molar-refractivity contribution < 1.29 is 29.6 Å². The Morgan fingerprint density at radius 2 is 1.10 bits per heavy atom. The Kier molecular flexibility index (Phi) is 28.5. The van der Waals surface area contributed by atoms with Gasteiger partial charge in [-0.1, -0.05) is 122 Å². The van der Waals surface area contributed by atoms with E-state index in [9.17, 15) is 14.7 Å². The highest BCUT2D eigenvalue weighted by Gasteiger charge is 2.20. The zero-order valence-electron chi connectivity index (χ0n) is 25.3. The summed E-state index contributed by atoms with van der Waals surface area (Å²) in [4.78, 5) is 23.1. The summed E-state index contributed by atoms with van der Waals surface area (Å²) in [5, 5.41) is 27.1. The highest BCUT2D eigenvalue weighted by molar-refractivity contribution is 5.72. The van der Waals surface area contributed by atoms with Gasteiger partial charge in [-0.2, -0.15) is 0 Å². The molecule has 0 aromatic rings. The lowest BCUT2D eigenvalue weighted by molar-refractivity contribution is -0.152. The van der Waals surface area contributed by atoms with Gasteiger partial charge in [0.2, 0.25) is 0 Å². The lowest BCUT2D eigenvalue weighted by Gasteiger charge is -2.17. The van der Waals surface area contributed by atoms with Gasteiger partial charge in [0.05, 0.1) is 12.5 Å². The van der Waals surface area contributed by atoms with E-state index in [4.69, 9.17) is 14.9 Å². The van der Waals surface area contributed by atoms with Crippen molar-refractivity contribution in [1.82, 2.24) is 0 Å². The van der Waals surface area contributed by atoms with E-state index < -0.39 is 12.1 Å². The van der Waals surface area contributed by atoms with Crippen LogP contribution in [0, 0.1) is 5.92 Å². The SMILES string of the molecule is CCCCCCCCCCC(CCCCCCCCC=CCCCCCCCC(=O)O)C(=O)OCC(O)CO. The molecular formula is C33H62O6. The van der Waals surface area contributed by atoms with Crippen LogP contribution in [-0.2, 0) is 14.3 Å². The molecule has 0 rings (SSSR count). The number of esters is 1. The molecule has 39 heavy (non-hydrogen) atoms. The van der Waals surface area contributed by atoms with Gasteiger partial charge in [0.1, 0.15) is 12.7 Å². The molecule has 0 fully saturated rings. The van der Waals surface area contributed by atoms with E-state index in [1.807, 2.05) is 0 Å². The molecule has 0 aliphatic rings. The molecule has 2 unspecified atom stereocenters. The second kappa shape index (κ2) is 29.6. The molecule has 0 heterocycles. The van der Waals surface area contributed by atoms with Gasteiger partial charge in [0, 0.05) is 6.42 Å². The van der Waals surface area contributed by atoms with Crippen molar-refractivity contribution in [3.8, 4) is 0 Å². The summed E-state index contributed by atoms with van der Waals surface area (Å²) in [5.74, 6) is -0.993. The standard InChI is InChI=1S/C33H62O6/c1-2-3-4-5-6-16-19-22-25-30(33(38)39-29-31(35)28-34)26-23-20-17-14-12-10-8-7-9-11-13-15-18-21-24-27-32(36)37/h7,9,30-31,34-35H,2-6,8,10-29H2,1H3,(H,36,37). The molecule has 0 radical (unpaired) electrons. The minimum atomic E-state index is -0.991. The third kappa shape index (κ3) is 27.9. The first kappa shape index (κ1) is 37.6. The lowest BCUT2D eigenvalue weighted by Crippen LogP contribution is -2.25. The Bertz CT molecular complexity index is 577. The van der Waals surface area contributed by atoms with Crippen LogP contribution < -0.4 is 0 Å². The van der Waals surface area contributed by atoms with Gasteiger partial charge in [-0.15, -0.1) is 0 Å². The Morgan fingerprint density at radius 3 is 1.56 bits per heavy atom. The number of carboxylic acids is 1. The minimum absolute atomic E-state index is 0.0918. The zero-order valence-corrected chi connectivity index (χ0v) is 25.3. The molecule has 0 amide bonds. The number of ether oxygens (including phenoxy) is 1. The number of aliphatic hydroxyl groups excluding tert-OH is 2. The minimum Gasteiger partial charge on any atom is -0.481 e. The molecule has 2 atom stereocenters. The van der Waals surface area contributed by atoms with Crippen LogP contribution in [0.15, 0.2) is 12.2 Å². The molecule has 3 N–H and O–H groups in total. The maximum atomic E-state index is 12.6. The number of carbonyl (C=O) groups is 2. The van der Waals surface area contributed by atoms with Gasteiger partial charge in [-0.25, -0.2) is 0 Å². The van der Waals surface area contributed by atoms with Crippen LogP contribution >= 0.6 is 0 Å². The fraction of sp³-hybridized carbons (Fsp3) is 0.879. The van der Waals surface area contributed by atoms with Crippen LogP contribution in [0.2, 0.25) is 0 Å². The molecule has 0 aromatic carbocycles. The molecular weight excluding hydrogens is 492 g/mol. The van der Waals surface area contributed by atoms with Crippen molar-refractivity contribution in [2.24, 2.45) is 5.92 Å². The fourth-order valence-electron chi connectivity index (χ4n) is 4.92. The summed E-state index contributed by atoms with van der Waals surface area (Å²) < 4.78 is 5.29. The third-order valence-electron chi connectivity index (χ3n) is 7.47. The van der Waals surface area contributed by atoms with Gasteiger partial charge >= 0.3 is 11.9 Å². The molecule has 0 saturated heterocycles. The Morgan fingerprint density at radius 1 is 0.667 bits per heavy atom. The number of aliphatic carboxylic acids is 1. The maximum Gasteiger partial charge on any atom is 0.309 e. The Hall–Kier alpha value is -1.40. The lowest BCUT2D eigenvalue weighted by atomic mass is 9.94. The van der Waals surface area contributed by atoms with Crippen LogP contribution in [0.1, 0.15) is 161 Å². The molecule has 6 nitrogen and oxygen atoms in total. The molecule has 0 bridgehead atoms. The van der Waals surface area contributed by atoms with Gasteiger partial charge in [-0.05, 0) is 44.9 Å². The van der Waals surface area contributed by atoms with Gasteiger partial charge in [0.25, 0.3) is 0 Å². The monoisotopic (exact) mass is 554 g/mol. The molecule has 0 saturated carbocycles. The highest BCUT2D eigenvalue weighted by atomic mass is 16.5. The first-order chi connectivity index (χ1) is 19.0. The molecule has 0 spiro atoms. The Labute approximate surface area is 240 Å². The van der Waals surface area contributed by atoms with E-state index in [-0.39, 0.29) is 25.1 Å². The van der Waals surface area contributed by atoms with Crippen molar-refractivity contribution in [2.45, 2.75) is 167 Å². The summed E-state index contributed by atoms with van der Waals surface area (Å²) in [6, 6.07) is 0. The molecule has 0 aromatic heterocycles. The average molecular weight is 555 g/mol. The van der Waals surface area contributed by atoms with Crippen molar-refractivity contribution in [2.75, 3.05) is 13.2 Å². The van der Waals surface area contributed by atoms with E-state index in [1.54, 1.807) is 0 Å². The summed E-state index contributed by atoms with van der Waals surface area (Å²) in [6.07, 6.45) is 30.3. The second-order valence-electron chi connectivity index (χ2n) is 11.3. The molecule has 6 heteroatoms. The van der Waals surface area contributed by atoms with Crippen molar-refractivity contribution in [3.05, 3.63) is 12.2 Å². The van der Waals surface area contributed by atoms with E-state index >= 15 is 0 Å². The summed E-state index contributed by atoms with van der Waals surface area (Å²) in [6.45, 7) is 1.73. The quantitative estimate of drug-likeness (QED) is 0.0467. The molecule has 0 aliphatic heterocycles. The van der Waals surface area contributed by atoms with Crippen molar-refractivity contribution >= 4 is 11.9 Å². The van der Waals surface area contributed by atoms with E-state index in [2.05, 4.69) is 19.1 Å². The summed E-state index contributed by atoms with van der Waals surface area (Å²) in [7, 11) is 0. The number of hydrogen-bond donors (Lipinski definition) is 3. The normalized spacial score (nSPS) is 13.1. The number of hydrogen-bond acceptors (Lipinski definition) is 5. The zero-order chi connectivity index (χ0) is 28.8. The molecule has 230 valence electrons. The van der Waals surface area contributed by atoms with Crippen LogP contribution in [0.5, 0.6) is 0 Å². The van der Waals surface area contributed by atoms with E-state index in [0.717, 1.165) is 70.6 Å². The highest BCUT2D eigenvalue weighted by Crippen LogP contribution is 2.21. The second-order valence-corrected chi connectivity index (χ2v) is 11.3. The van der Waals surface area contributed by atoms with Crippen molar-refractivity contribution in [3.63, 3.8) is 0 Å². The van der Waals surface area contributed by atoms with Gasteiger partial charge < -0.3 is 20.1 Å². The number of unbranched alkanes of at least 4 members (excludes halogenated alkanes) is 18. The van der Waals surface area contributed by atoms with Gasteiger partial charge in [-0.3, -0.25) is 9.59 Å². The van der Waals surface area contributed by atoms with Gasteiger partial charge in [0.15, 0.2) is 0 Å². The maximum absolute atomic E-state index is 12.6. The largest absolute Gasteiger partial charge is 0.481 e. The van der Waals surface area contributed by atoms with Crippen LogP contribution in [0.4, 0.5) is 0 Å². The topological polar surface area (TPSA) is 104 Å². The number of rotatable bonds is 30. The predicted octanol–water partition coefficient (Wildman–Crippen LogP) is 8.52. The van der Waals surface area contributed by atoms with E-state index in [0.29, 0.717) is 6.42 Å². The number of carboxylic acid groups (broad SMARTS) is 1. The number of allylic oxidation sites excluding steroid dienone is 2. The first-order valence-electron chi connectivity index (χ1n) is 16.3. The molecule has 0 aliphatic carbocycles. The average Bonchev–Trinajstić information content (AvgIpc) is 2.93. The predicted molar refractivity (Wildman–Crippen MR) is 161 cm³/mol. The fourth-order valence-corrected chi connectivity index (χ4v) is 4.92. The van der Waals surface area contributed by atoms with Crippen LogP contribution in [0.3, 0.4) is 0 Å². The van der Waals surface area contributed by atoms with Crippen molar-refractivity contribution in [1.29, 1.82) is 0 Å². The summed E-state index contributed by atoms with van der Waals surface area (Å²) in [5.41, 5.74) is 0. The summed E-state index contributed by atoms with van der Waals surface area (Å²) >= 11 is 0. The van der Waals surface area contributed by atoms with Crippen LogP contribution in [-0.4, -0.2) is 46.6 Å². The number of aliphatic hydroxyl groups is 2.